The van der Waals surface area contributed by atoms with Gasteiger partial charge in [0.15, 0.2) is 5.69 Å². The van der Waals surface area contributed by atoms with Crippen LogP contribution in [-0.4, -0.2) is 33.7 Å². The summed E-state index contributed by atoms with van der Waals surface area (Å²) in [6, 6.07) is 6.96. The molecule has 6 nitrogen and oxygen atoms in total. The van der Waals surface area contributed by atoms with Crippen molar-refractivity contribution in [3.63, 3.8) is 0 Å². The van der Waals surface area contributed by atoms with E-state index in [2.05, 4.69) is 15.7 Å². The summed E-state index contributed by atoms with van der Waals surface area (Å²) >= 11 is 0. The highest BCUT2D eigenvalue weighted by molar-refractivity contribution is 5.99. The van der Waals surface area contributed by atoms with Gasteiger partial charge in [0.05, 0.1) is 5.69 Å². The van der Waals surface area contributed by atoms with Crippen molar-refractivity contribution in [3.8, 4) is 5.69 Å². The fraction of sp³-hybridized carbons (Fsp3) is 0.476. The predicted octanol–water partition coefficient (Wildman–Crippen LogP) is 3.85. The summed E-state index contributed by atoms with van der Waals surface area (Å²) in [5.41, 5.74) is -1.18. The molecule has 1 aliphatic carbocycles. The number of halogens is 3. The number of amides is 2. The van der Waals surface area contributed by atoms with Crippen LogP contribution in [0.4, 0.5) is 13.2 Å². The average molecular weight is 422 g/mol. The van der Waals surface area contributed by atoms with Gasteiger partial charge in [0.1, 0.15) is 5.54 Å². The molecule has 0 spiro atoms. The second-order valence-corrected chi connectivity index (χ2v) is 7.54. The smallest absolute Gasteiger partial charge is 0.354 e. The molecule has 1 fully saturated rings. The maximum atomic E-state index is 12.8. The SMILES string of the molecule is CCCNC(=O)C1(NC(=O)c2ccc(-n3ccc(C(F)(F)F)n3)cc2)CCCCC1. The van der Waals surface area contributed by atoms with Gasteiger partial charge in [-0.1, -0.05) is 26.2 Å². The number of hydrogen-bond acceptors (Lipinski definition) is 3. The van der Waals surface area contributed by atoms with E-state index >= 15 is 0 Å². The Morgan fingerprint density at radius 1 is 1.10 bits per heavy atom. The highest BCUT2D eigenvalue weighted by Crippen LogP contribution is 2.30. The largest absolute Gasteiger partial charge is 0.435 e. The van der Waals surface area contributed by atoms with Crippen LogP contribution in [0.15, 0.2) is 36.5 Å². The van der Waals surface area contributed by atoms with E-state index in [1.807, 2.05) is 6.92 Å². The third-order valence-corrected chi connectivity index (χ3v) is 5.30. The molecular weight excluding hydrogens is 397 g/mol. The predicted molar refractivity (Wildman–Crippen MR) is 105 cm³/mol. The lowest BCUT2D eigenvalue weighted by Crippen LogP contribution is -2.59. The van der Waals surface area contributed by atoms with Crippen molar-refractivity contribution >= 4 is 11.8 Å². The van der Waals surface area contributed by atoms with Crippen LogP contribution in [0, 0.1) is 0 Å². The molecule has 0 unspecified atom stereocenters. The summed E-state index contributed by atoms with van der Waals surface area (Å²) in [5, 5.41) is 9.33. The maximum Gasteiger partial charge on any atom is 0.435 e. The molecule has 2 amide bonds. The lowest BCUT2D eigenvalue weighted by Gasteiger charge is -2.36. The van der Waals surface area contributed by atoms with Crippen LogP contribution in [0.3, 0.4) is 0 Å². The van der Waals surface area contributed by atoms with Crippen LogP contribution in [0.25, 0.3) is 5.69 Å². The second kappa shape index (κ2) is 8.89. The van der Waals surface area contributed by atoms with Crippen molar-refractivity contribution in [3.05, 3.63) is 47.8 Å². The van der Waals surface area contributed by atoms with Crippen LogP contribution in [-0.2, 0) is 11.0 Å². The molecule has 1 aromatic heterocycles. The molecule has 1 aliphatic rings. The third kappa shape index (κ3) is 4.83. The maximum absolute atomic E-state index is 12.8. The summed E-state index contributed by atoms with van der Waals surface area (Å²) in [4.78, 5) is 25.6. The zero-order valence-corrected chi connectivity index (χ0v) is 16.8. The number of benzene rings is 1. The monoisotopic (exact) mass is 422 g/mol. The summed E-state index contributed by atoms with van der Waals surface area (Å²) < 4.78 is 39.3. The van der Waals surface area contributed by atoms with Gasteiger partial charge in [0.25, 0.3) is 5.91 Å². The number of nitrogens with zero attached hydrogens (tertiary/aromatic N) is 2. The molecule has 0 bridgehead atoms. The first-order valence-electron chi connectivity index (χ1n) is 10.1. The molecule has 0 radical (unpaired) electrons. The van der Waals surface area contributed by atoms with Crippen LogP contribution >= 0.6 is 0 Å². The fourth-order valence-corrected chi connectivity index (χ4v) is 3.65. The highest BCUT2D eigenvalue weighted by atomic mass is 19.4. The van der Waals surface area contributed by atoms with Crippen molar-refractivity contribution in [2.45, 2.75) is 57.2 Å². The molecule has 1 heterocycles. The lowest BCUT2D eigenvalue weighted by atomic mass is 9.80. The number of rotatable bonds is 6. The van der Waals surface area contributed by atoms with E-state index in [9.17, 15) is 22.8 Å². The zero-order chi connectivity index (χ0) is 21.8. The van der Waals surface area contributed by atoms with Crippen LogP contribution in [0.1, 0.15) is 61.5 Å². The quantitative estimate of drug-likeness (QED) is 0.743. The van der Waals surface area contributed by atoms with Crippen molar-refractivity contribution in [1.29, 1.82) is 0 Å². The van der Waals surface area contributed by atoms with Gasteiger partial charge in [-0.05, 0) is 49.6 Å². The fourth-order valence-electron chi connectivity index (χ4n) is 3.65. The Bertz CT molecular complexity index is 884. The van der Waals surface area contributed by atoms with E-state index in [0.717, 1.165) is 36.4 Å². The van der Waals surface area contributed by atoms with E-state index in [-0.39, 0.29) is 11.8 Å². The first-order chi connectivity index (χ1) is 14.2. The molecule has 1 aromatic carbocycles. The minimum Gasteiger partial charge on any atom is -0.354 e. The average Bonchev–Trinajstić information content (AvgIpc) is 3.23. The van der Waals surface area contributed by atoms with Gasteiger partial charge < -0.3 is 10.6 Å². The van der Waals surface area contributed by atoms with Crippen molar-refractivity contribution in [2.24, 2.45) is 0 Å². The molecule has 0 aliphatic heterocycles. The van der Waals surface area contributed by atoms with Crippen LogP contribution in [0.2, 0.25) is 0 Å². The zero-order valence-electron chi connectivity index (χ0n) is 16.8. The number of alkyl halides is 3. The Labute approximate surface area is 172 Å². The Balaban J connectivity index is 1.74. The lowest BCUT2D eigenvalue weighted by molar-refractivity contribution is -0.141. The summed E-state index contributed by atoms with van der Waals surface area (Å²) in [5.74, 6) is -0.545. The number of carbonyl (C=O) groups is 2. The first-order valence-corrected chi connectivity index (χ1v) is 10.1. The van der Waals surface area contributed by atoms with Crippen molar-refractivity contribution < 1.29 is 22.8 Å². The Morgan fingerprint density at radius 2 is 1.77 bits per heavy atom. The third-order valence-electron chi connectivity index (χ3n) is 5.30. The van der Waals surface area contributed by atoms with E-state index in [1.54, 1.807) is 0 Å². The van der Waals surface area contributed by atoms with Gasteiger partial charge in [-0.15, -0.1) is 0 Å². The molecule has 0 atom stereocenters. The molecule has 1 saturated carbocycles. The van der Waals surface area contributed by atoms with Crippen LogP contribution in [0.5, 0.6) is 0 Å². The second-order valence-electron chi connectivity index (χ2n) is 7.54. The van der Waals surface area contributed by atoms with Gasteiger partial charge in [-0.3, -0.25) is 9.59 Å². The van der Waals surface area contributed by atoms with Gasteiger partial charge in [-0.25, -0.2) is 4.68 Å². The minimum absolute atomic E-state index is 0.162. The Kier molecular flexibility index (Phi) is 6.48. The van der Waals surface area contributed by atoms with E-state index in [1.165, 1.54) is 30.5 Å². The Hall–Kier alpha value is -2.84. The van der Waals surface area contributed by atoms with Crippen molar-refractivity contribution in [2.75, 3.05) is 6.54 Å². The number of aromatic nitrogens is 2. The molecule has 2 N–H and O–H groups in total. The van der Waals surface area contributed by atoms with Gasteiger partial charge in [-0.2, -0.15) is 18.3 Å². The highest BCUT2D eigenvalue weighted by Gasteiger charge is 2.40. The number of nitrogens with one attached hydrogen (secondary N) is 2. The van der Waals surface area contributed by atoms with Crippen molar-refractivity contribution in [1.82, 2.24) is 20.4 Å². The summed E-state index contributed by atoms with van der Waals surface area (Å²) in [7, 11) is 0. The van der Waals surface area contributed by atoms with E-state index in [0.29, 0.717) is 30.6 Å². The summed E-state index contributed by atoms with van der Waals surface area (Å²) in [6.45, 7) is 2.51. The summed E-state index contributed by atoms with van der Waals surface area (Å²) in [6.07, 6.45) is 1.42. The standard InChI is InChI=1S/C21H25F3N4O2/c1-2-13-25-19(30)20(11-4-3-5-12-20)26-18(29)15-6-8-16(9-7-15)28-14-10-17(27-28)21(22,23)24/h6-10,14H,2-5,11-13H2,1H3,(H,25,30)(H,26,29). The number of carbonyl (C=O) groups excluding carboxylic acids is 2. The van der Waals surface area contributed by atoms with Gasteiger partial charge in [0.2, 0.25) is 5.91 Å². The molecule has 3 rings (SSSR count). The van der Waals surface area contributed by atoms with Crippen LogP contribution < -0.4 is 10.6 Å². The van der Waals surface area contributed by atoms with E-state index < -0.39 is 17.4 Å². The Morgan fingerprint density at radius 3 is 2.33 bits per heavy atom. The molecule has 162 valence electrons. The van der Waals surface area contributed by atoms with Gasteiger partial charge in [0, 0.05) is 18.3 Å². The molecular formula is C21H25F3N4O2. The normalized spacial score (nSPS) is 16.1. The molecule has 0 saturated heterocycles. The first kappa shape index (κ1) is 21.9. The topological polar surface area (TPSA) is 76.0 Å². The van der Waals surface area contributed by atoms with E-state index in [4.69, 9.17) is 0 Å². The number of hydrogen-bond donors (Lipinski definition) is 2. The molecule has 9 heteroatoms. The minimum atomic E-state index is -4.52. The molecule has 2 aromatic rings. The van der Waals surface area contributed by atoms with Gasteiger partial charge >= 0.3 is 6.18 Å². The molecule has 30 heavy (non-hydrogen) atoms.